The van der Waals surface area contributed by atoms with Crippen LogP contribution in [0.5, 0.6) is 0 Å². The standard InChI is InChI=1S/C20H36O3/c1-3-4-5-6-7-8-9-10-11-12-13-14-15-16-17-23-20(22)18-19(2)21/h8-9H,3-7,10-18H2,1-2H3/b9-8-. The molecule has 0 aliphatic rings. The second kappa shape index (κ2) is 17.2. The second-order valence-electron chi connectivity index (χ2n) is 6.33. The fourth-order valence-corrected chi connectivity index (χ4v) is 2.44. The molecule has 0 radical (unpaired) electrons. The van der Waals surface area contributed by atoms with Gasteiger partial charge in [-0.3, -0.25) is 9.59 Å². The van der Waals surface area contributed by atoms with Gasteiger partial charge in [0.2, 0.25) is 0 Å². The van der Waals surface area contributed by atoms with Crippen LogP contribution in [-0.2, 0) is 14.3 Å². The fraction of sp³-hybridized carbons (Fsp3) is 0.800. The largest absolute Gasteiger partial charge is 0.465 e. The minimum absolute atomic E-state index is 0.0911. The monoisotopic (exact) mass is 324 g/mol. The summed E-state index contributed by atoms with van der Waals surface area (Å²) in [5.74, 6) is -0.524. The molecule has 0 aliphatic carbocycles. The zero-order chi connectivity index (χ0) is 17.2. The Morgan fingerprint density at radius 1 is 0.783 bits per heavy atom. The molecule has 0 unspecified atom stereocenters. The van der Waals surface area contributed by atoms with Gasteiger partial charge in [-0.15, -0.1) is 0 Å². The first-order chi connectivity index (χ1) is 11.2. The summed E-state index contributed by atoms with van der Waals surface area (Å²) in [6.07, 6.45) is 19.4. The molecule has 0 fully saturated rings. The van der Waals surface area contributed by atoms with E-state index in [0.29, 0.717) is 6.61 Å². The SMILES string of the molecule is CCCCCC/C=C\CCCCCCCCOC(=O)CC(C)=O. The number of esters is 1. The number of carbonyl (C=O) groups excluding carboxylic acids is 2. The van der Waals surface area contributed by atoms with Crippen LogP contribution in [0.1, 0.15) is 97.3 Å². The lowest BCUT2D eigenvalue weighted by molar-refractivity contribution is -0.145. The third-order valence-corrected chi connectivity index (χ3v) is 3.81. The van der Waals surface area contributed by atoms with Gasteiger partial charge in [0.1, 0.15) is 12.2 Å². The average molecular weight is 325 g/mol. The Balaban J connectivity index is 3.17. The number of hydrogen-bond donors (Lipinski definition) is 0. The van der Waals surface area contributed by atoms with Crippen LogP contribution in [0.15, 0.2) is 12.2 Å². The van der Waals surface area contributed by atoms with E-state index < -0.39 is 0 Å². The quantitative estimate of drug-likeness (QED) is 0.157. The Morgan fingerprint density at radius 3 is 1.87 bits per heavy atom. The molecule has 0 aromatic heterocycles. The summed E-state index contributed by atoms with van der Waals surface area (Å²) in [4.78, 5) is 21.8. The lowest BCUT2D eigenvalue weighted by Crippen LogP contribution is -2.09. The first-order valence-electron chi connectivity index (χ1n) is 9.47. The predicted octanol–water partition coefficient (Wildman–Crippen LogP) is 5.77. The van der Waals surface area contributed by atoms with E-state index in [4.69, 9.17) is 4.74 Å². The smallest absolute Gasteiger partial charge is 0.313 e. The molecule has 0 atom stereocenters. The number of Topliss-reactive ketones (excluding diaryl/α,β-unsaturated/α-hetero) is 1. The van der Waals surface area contributed by atoms with Crippen molar-refractivity contribution in [2.75, 3.05) is 6.61 Å². The van der Waals surface area contributed by atoms with Crippen molar-refractivity contribution in [3.63, 3.8) is 0 Å². The summed E-state index contributed by atoms with van der Waals surface area (Å²) in [5, 5.41) is 0. The van der Waals surface area contributed by atoms with Gasteiger partial charge in [-0.05, 0) is 39.0 Å². The molecule has 3 nitrogen and oxygen atoms in total. The van der Waals surface area contributed by atoms with Gasteiger partial charge < -0.3 is 4.74 Å². The van der Waals surface area contributed by atoms with Crippen molar-refractivity contribution in [3.05, 3.63) is 12.2 Å². The molecule has 0 heterocycles. The molecular formula is C20H36O3. The molecule has 0 N–H and O–H groups in total. The summed E-state index contributed by atoms with van der Waals surface area (Å²) >= 11 is 0. The summed E-state index contributed by atoms with van der Waals surface area (Å²) in [5.41, 5.74) is 0. The van der Waals surface area contributed by atoms with Crippen molar-refractivity contribution in [2.45, 2.75) is 97.3 Å². The first-order valence-corrected chi connectivity index (χ1v) is 9.47. The highest BCUT2D eigenvalue weighted by Gasteiger charge is 2.05. The predicted molar refractivity (Wildman–Crippen MR) is 96.5 cm³/mol. The van der Waals surface area contributed by atoms with E-state index in [0.717, 1.165) is 12.8 Å². The molecule has 134 valence electrons. The van der Waals surface area contributed by atoms with E-state index in [-0.39, 0.29) is 18.2 Å². The minimum atomic E-state index is -0.390. The number of ether oxygens (including phenoxy) is 1. The topological polar surface area (TPSA) is 43.4 Å². The van der Waals surface area contributed by atoms with E-state index in [1.807, 2.05) is 0 Å². The maximum atomic E-state index is 11.1. The highest BCUT2D eigenvalue weighted by molar-refractivity contribution is 5.94. The number of hydrogen-bond acceptors (Lipinski definition) is 3. The molecular weight excluding hydrogens is 288 g/mol. The van der Waals surface area contributed by atoms with Crippen molar-refractivity contribution >= 4 is 11.8 Å². The van der Waals surface area contributed by atoms with Crippen LogP contribution in [0, 0.1) is 0 Å². The maximum Gasteiger partial charge on any atom is 0.313 e. The molecule has 23 heavy (non-hydrogen) atoms. The average Bonchev–Trinajstić information content (AvgIpc) is 2.50. The Hall–Kier alpha value is -1.12. The summed E-state index contributed by atoms with van der Waals surface area (Å²) in [6.45, 7) is 4.10. The van der Waals surface area contributed by atoms with Crippen molar-refractivity contribution in [2.24, 2.45) is 0 Å². The van der Waals surface area contributed by atoms with Crippen LogP contribution in [0.2, 0.25) is 0 Å². The third kappa shape index (κ3) is 18.8. The number of allylic oxidation sites excluding steroid dienone is 2. The third-order valence-electron chi connectivity index (χ3n) is 3.81. The van der Waals surface area contributed by atoms with Gasteiger partial charge in [0.15, 0.2) is 0 Å². The van der Waals surface area contributed by atoms with Gasteiger partial charge in [0.05, 0.1) is 6.61 Å². The molecule has 0 aliphatic heterocycles. The zero-order valence-electron chi connectivity index (χ0n) is 15.3. The Morgan fingerprint density at radius 2 is 1.30 bits per heavy atom. The Bertz CT molecular complexity index is 321. The number of carbonyl (C=O) groups is 2. The fourth-order valence-electron chi connectivity index (χ4n) is 2.44. The van der Waals surface area contributed by atoms with Crippen molar-refractivity contribution in [1.29, 1.82) is 0 Å². The summed E-state index contributed by atoms with van der Waals surface area (Å²) < 4.78 is 4.99. The van der Waals surface area contributed by atoms with Gasteiger partial charge in [0, 0.05) is 0 Å². The van der Waals surface area contributed by atoms with E-state index in [1.54, 1.807) is 0 Å². The lowest BCUT2D eigenvalue weighted by Gasteiger charge is -2.03. The van der Waals surface area contributed by atoms with Crippen LogP contribution in [-0.4, -0.2) is 18.4 Å². The van der Waals surface area contributed by atoms with Gasteiger partial charge >= 0.3 is 5.97 Å². The number of rotatable bonds is 16. The van der Waals surface area contributed by atoms with Crippen LogP contribution in [0.25, 0.3) is 0 Å². The molecule has 0 spiro atoms. The van der Waals surface area contributed by atoms with Crippen molar-refractivity contribution in [3.8, 4) is 0 Å². The van der Waals surface area contributed by atoms with E-state index in [2.05, 4.69) is 19.1 Å². The number of ketones is 1. The van der Waals surface area contributed by atoms with Crippen LogP contribution in [0.4, 0.5) is 0 Å². The highest BCUT2D eigenvalue weighted by atomic mass is 16.5. The lowest BCUT2D eigenvalue weighted by atomic mass is 10.1. The van der Waals surface area contributed by atoms with Crippen molar-refractivity contribution < 1.29 is 14.3 Å². The molecule has 0 rings (SSSR count). The summed E-state index contributed by atoms with van der Waals surface area (Å²) in [7, 11) is 0. The minimum Gasteiger partial charge on any atom is -0.465 e. The Labute approximate surface area is 142 Å². The van der Waals surface area contributed by atoms with E-state index >= 15 is 0 Å². The first kappa shape index (κ1) is 21.9. The molecule has 0 saturated heterocycles. The molecule has 0 saturated carbocycles. The van der Waals surface area contributed by atoms with Crippen molar-refractivity contribution in [1.82, 2.24) is 0 Å². The van der Waals surface area contributed by atoms with Gasteiger partial charge in [-0.1, -0.05) is 64.0 Å². The molecule has 0 aromatic carbocycles. The maximum absolute atomic E-state index is 11.1. The molecule has 3 heteroatoms. The zero-order valence-corrected chi connectivity index (χ0v) is 15.3. The van der Waals surface area contributed by atoms with Crippen LogP contribution in [0.3, 0.4) is 0 Å². The molecule has 0 aromatic rings. The second-order valence-corrected chi connectivity index (χ2v) is 6.33. The molecule has 0 bridgehead atoms. The van der Waals surface area contributed by atoms with Crippen LogP contribution < -0.4 is 0 Å². The van der Waals surface area contributed by atoms with Crippen LogP contribution >= 0.6 is 0 Å². The van der Waals surface area contributed by atoms with E-state index in [9.17, 15) is 9.59 Å². The normalized spacial score (nSPS) is 11.0. The number of unbranched alkanes of at least 4 members (excludes halogenated alkanes) is 10. The van der Waals surface area contributed by atoms with Gasteiger partial charge in [0.25, 0.3) is 0 Å². The van der Waals surface area contributed by atoms with E-state index in [1.165, 1.54) is 71.1 Å². The summed E-state index contributed by atoms with van der Waals surface area (Å²) in [6, 6.07) is 0. The molecule has 0 amide bonds. The van der Waals surface area contributed by atoms with Gasteiger partial charge in [-0.25, -0.2) is 0 Å². The Kier molecular flexibility index (Phi) is 16.4. The highest BCUT2D eigenvalue weighted by Crippen LogP contribution is 2.09. The van der Waals surface area contributed by atoms with Gasteiger partial charge in [-0.2, -0.15) is 0 Å².